The fourth-order valence-corrected chi connectivity index (χ4v) is 2.46. The summed E-state index contributed by atoms with van der Waals surface area (Å²) in [6, 6.07) is 7.75. The minimum Gasteiger partial charge on any atom is -0.338 e. The number of hydrogen-bond donors (Lipinski definition) is 0. The lowest BCUT2D eigenvalue weighted by atomic mass is 9.98. The zero-order chi connectivity index (χ0) is 12.4. The number of carbonyl (C=O) groups is 1. The van der Waals surface area contributed by atoms with E-state index in [9.17, 15) is 4.79 Å². The van der Waals surface area contributed by atoms with Gasteiger partial charge in [0.05, 0.1) is 0 Å². The Balaban J connectivity index is 2.14. The Morgan fingerprint density at radius 1 is 1.41 bits per heavy atom. The van der Waals surface area contributed by atoms with Crippen LogP contribution in [-0.2, 0) is 0 Å². The zero-order valence-corrected chi connectivity index (χ0v) is 11.1. The second-order valence-corrected chi connectivity index (χ2v) is 5.41. The van der Waals surface area contributed by atoms with E-state index < -0.39 is 0 Å². The standard InChI is InChI=1S/C14H18ClNO/c1-10-5-3-4-6-12(10)14(17)16-8-7-13(15)11(2)9-16/h3-6,11,13H,7-9H2,1-2H3. The molecule has 0 spiro atoms. The van der Waals surface area contributed by atoms with E-state index in [0.29, 0.717) is 5.92 Å². The average Bonchev–Trinajstić information content (AvgIpc) is 2.32. The van der Waals surface area contributed by atoms with Crippen molar-refractivity contribution in [2.24, 2.45) is 5.92 Å². The minimum atomic E-state index is 0.138. The van der Waals surface area contributed by atoms with Gasteiger partial charge in [-0.1, -0.05) is 25.1 Å². The molecule has 3 heteroatoms. The van der Waals surface area contributed by atoms with Crippen LogP contribution in [0.2, 0.25) is 0 Å². The summed E-state index contributed by atoms with van der Waals surface area (Å²) >= 11 is 6.18. The highest BCUT2D eigenvalue weighted by Gasteiger charge is 2.28. The van der Waals surface area contributed by atoms with Crippen LogP contribution in [0, 0.1) is 12.8 Å². The first-order chi connectivity index (χ1) is 8.09. The summed E-state index contributed by atoms with van der Waals surface area (Å²) in [7, 11) is 0. The predicted molar refractivity (Wildman–Crippen MR) is 70.5 cm³/mol. The van der Waals surface area contributed by atoms with Crippen LogP contribution in [0.15, 0.2) is 24.3 Å². The molecule has 0 aromatic heterocycles. The van der Waals surface area contributed by atoms with Gasteiger partial charge in [-0.15, -0.1) is 11.6 Å². The molecule has 1 aromatic carbocycles. The number of aryl methyl sites for hydroxylation is 1. The first-order valence-corrected chi connectivity index (χ1v) is 6.52. The predicted octanol–water partition coefficient (Wildman–Crippen LogP) is 3.08. The molecule has 2 atom stereocenters. The van der Waals surface area contributed by atoms with Gasteiger partial charge in [0, 0.05) is 24.0 Å². The zero-order valence-electron chi connectivity index (χ0n) is 10.3. The molecule has 1 fully saturated rings. The Morgan fingerprint density at radius 3 is 2.76 bits per heavy atom. The van der Waals surface area contributed by atoms with Crippen LogP contribution in [0.4, 0.5) is 0 Å². The molecule has 2 unspecified atom stereocenters. The van der Waals surface area contributed by atoms with Gasteiger partial charge in [-0.05, 0) is 30.9 Å². The number of piperidine rings is 1. The Bertz CT molecular complexity index is 418. The molecule has 1 saturated heterocycles. The molecule has 0 N–H and O–H groups in total. The SMILES string of the molecule is Cc1ccccc1C(=O)N1CCC(Cl)C(C)C1. The van der Waals surface area contributed by atoms with Gasteiger partial charge in [0.2, 0.25) is 0 Å². The van der Waals surface area contributed by atoms with Crippen LogP contribution in [0.5, 0.6) is 0 Å². The van der Waals surface area contributed by atoms with E-state index in [-0.39, 0.29) is 11.3 Å². The third kappa shape index (κ3) is 2.63. The van der Waals surface area contributed by atoms with E-state index in [1.54, 1.807) is 0 Å². The Hall–Kier alpha value is -1.02. The molecule has 2 nitrogen and oxygen atoms in total. The van der Waals surface area contributed by atoms with Crippen LogP contribution in [0.3, 0.4) is 0 Å². The van der Waals surface area contributed by atoms with Gasteiger partial charge in [0.1, 0.15) is 0 Å². The second kappa shape index (κ2) is 5.09. The molecule has 1 amide bonds. The number of nitrogens with zero attached hydrogens (tertiary/aromatic N) is 1. The maximum Gasteiger partial charge on any atom is 0.254 e. The maximum atomic E-state index is 12.4. The van der Waals surface area contributed by atoms with Crippen molar-refractivity contribution in [1.82, 2.24) is 4.90 Å². The number of carbonyl (C=O) groups excluding carboxylic acids is 1. The Kier molecular flexibility index (Phi) is 3.72. The van der Waals surface area contributed by atoms with Gasteiger partial charge in [-0.2, -0.15) is 0 Å². The molecule has 0 saturated carbocycles. The number of halogens is 1. The van der Waals surface area contributed by atoms with Crippen LogP contribution >= 0.6 is 11.6 Å². The molecular formula is C14H18ClNO. The Labute approximate surface area is 108 Å². The van der Waals surface area contributed by atoms with Crippen molar-refractivity contribution >= 4 is 17.5 Å². The van der Waals surface area contributed by atoms with Gasteiger partial charge in [-0.3, -0.25) is 4.79 Å². The van der Waals surface area contributed by atoms with E-state index >= 15 is 0 Å². The number of alkyl halides is 1. The van der Waals surface area contributed by atoms with Gasteiger partial charge < -0.3 is 4.90 Å². The summed E-state index contributed by atoms with van der Waals surface area (Å²) < 4.78 is 0. The van der Waals surface area contributed by atoms with Crippen LogP contribution in [0.1, 0.15) is 29.3 Å². The lowest BCUT2D eigenvalue weighted by Gasteiger charge is -2.34. The van der Waals surface area contributed by atoms with Gasteiger partial charge in [-0.25, -0.2) is 0 Å². The van der Waals surface area contributed by atoms with Crippen LogP contribution in [-0.4, -0.2) is 29.3 Å². The number of hydrogen-bond acceptors (Lipinski definition) is 1. The lowest BCUT2D eigenvalue weighted by Crippen LogP contribution is -2.43. The van der Waals surface area contributed by atoms with Crippen molar-refractivity contribution in [2.45, 2.75) is 25.6 Å². The first kappa shape index (κ1) is 12.4. The maximum absolute atomic E-state index is 12.4. The van der Waals surface area contributed by atoms with Crippen LogP contribution < -0.4 is 0 Å². The lowest BCUT2D eigenvalue weighted by molar-refractivity contribution is 0.0686. The fraction of sp³-hybridized carbons (Fsp3) is 0.500. The van der Waals surface area contributed by atoms with Crippen molar-refractivity contribution in [1.29, 1.82) is 0 Å². The first-order valence-electron chi connectivity index (χ1n) is 6.08. The molecule has 1 aromatic rings. The summed E-state index contributed by atoms with van der Waals surface area (Å²) in [4.78, 5) is 14.3. The second-order valence-electron chi connectivity index (χ2n) is 4.85. The van der Waals surface area contributed by atoms with Crippen LogP contribution in [0.25, 0.3) is 0 Å². The molecule has 17 heavy (non-hydrogen) atoms. The summed E-state index contributed by atoms with van der Waals surface area (Å²) in [5.41, 5.74) is 1.85. The molecule has 1 aliphatic rings. The summed E-state index contributed by atoms with van der Waals surface area (Å²) in [6.45, 7) is 5.62. The van der Waals surface area contributed by atoms with E-state index in [4.69, 9.17) is 11.6 Å². The highest BCUT2D eigenvalue weighted by atomic mass is 35.5. The number of rotatable bonds is 1. The van der Waals surface area contributed by atoms with Crippen molar-refractivity contribution in [3.63, 3.8) is 0 Å². The smallest absolute Gasteiger partial charge is 0.254 e. The van der Waals surface area contributed by atoms with Gasteiger partial charge in [0.15, 0.2) is 0 Å². The summed E-state index contributed by atoms with van der Waals surface area (Å²) in [6.07, 6.45) is 0.889. The largest absolute Gasteiger partial charge is 0.338 e. The minimum absolute atomic E-state index is 0.138. The van der Waals surface area contributed by atoms with Gasteiger partial charge >= 0.3 is 0 Å². The summed E-state index contributed by atoms with van der Waals surface area (Å²) in [5.74, 6) is 0.511. The molecule has 0 bridgehead atoms. The average molecular weight is 252 g/mol. The topological polar surface area (TPSA) is 20.3 Å². The van der Waals surface area contributed by atoms with E-state index in [2.05, 4.69) is 6.92 Å². The van der Waals surface area contributed by atoms with Crippen molar-refractivity contribution < 1.29 is 4.79 Å². The molecule has 1 heterocycles. The molecule has 2 rings (SSSR count). The summed E-state index contributed by atoms with van der Waals surface area (Å²) in [5, 5.41) is 0.205. The Morgan fingerprint density at radius 2 is 2.12 bits per heavy atom. The molecular weight excluding hydrogens is 234 g/mol. The quantitative estimate of drug-likeness (QED) is 0.703. The monoisotopic (exact) mass is 251 g/mol. The number of amides is 1. The molecule has 1 aliphatic heterocycles. The van der Waals surface area contributed by atoms with E-state index in [1.165, 1.54) is 0 Å². The van der Waals surface area contributed by atoms with Crippen molar-refractivity contribution in [2.75, 3.05) is 13.1 Å². The third-order valence-corrected chi connectivity index (χ3v) is 4.11. The molecule has 0 aliphatic carbocycles. The third-order valence-electron chi connectivity index (χ3n) is 3.46. The fourth-order valence-electron chi connectivity index (χ4n) is 2.28. The van der Waals surface area contributed by atoms with E-state index in [0.717, 1.165) is 30.6 Å². The van der Waals surface area contributed by atoms with Gasteiger partial charge in [0.25, 0.3) is 5.91 Å². The molecule has 0 radical (unpaired) electrons. The van der Waals surface area contributed by atoms with Crippen molar-refractivity contribution in [3.8, 4) is 0 Å². The highest BCUT2D eigenvalue weighted by molar-refractivity contribution is 6.20. The number of likely N-dealkylation sites (tertiary alicyclic amines) is 1. The molecule has 92 valence electrons. The highest BCUT2D eigenvalue weighted by Crippen LogP contribution is 2.23. The normalized spacial score (nSPS) is 24.8. The van der Waals surface area contributed by atoms with Crippen molar-refractivity contribution in [3.05, 3.63) is 35.4 Å². The number of benzene rings is 1. The van der Waals surface area contributed by atoms with E-state index in [1.807, 2.05) is 36.1 Å².